The van der Waals surface area contributed by atoms with Crippen molar-refractivity contribution in [2.45, 2.75) is 18.1 Å². The van der Waals surface area contributed by atoms with E-state index in [1.165, 1.54) is 12.1 Å². The fourth-order valence-electron chi connectivity index (χ4n) is 4.05. The van der Waals surface area contributed by atoms with E-state index in [4.69, 9.17) is 5.11 Å². The van der Waals surface area contributed by atoms with Crippen molar-refractivity contribution in [2.75, 3.05) is 49.0 Å². The third kappa shape index (κ3) is 5.77. The molecular formula is C24H26F3N5O3S. The molecular weight excluding hydrogens is 495 g/mol. The molecule has 2 aromatic heterocycles. The van der Waals surface area contributed by atoms with Crippen LogP contribution in [0, 0.1) is 6.92 Å². The molecule has 3 aromatic rings. The summed E-state index contributed by atoms with van der Waals surface area (Å²) < 4.78 is 69.5. The number of hydrogen-bond donors (Lipinski definition) is 2. The standard InChI is InChI=1S/C24H26F3N5O3S/c1-17-5-2-3-6-18(17)23-19(24(25,26)27)9-10-20(28-23)30-36(34,35)22-8-4-7-21(29-22)32-13-11-31(12-14-32)15-16-33/h2-10,33H,11-16H2,1H3,(H,28,30). The molecule has 0 atom stereocenters. The molecule has 1 aliphatic heterocycles. The Bertz CT molecular complexity index is 1330. The maximum Gasteiger partial charge on any atom is 0.418 e. The summed E-state index contributed by atoms with van der Waals surface area (Å²) in [5, 5.41) is 8.83. The van der Waals surface area contributed by atoms with Gasteiger partial charge in [0.15, 0.2) is 5.03 Å². The molecule has 0 unspecified atom stereocenters. The molecule has 1 fully saturated rings. The largest absolute Gasteiger partial charge is 0.418 e. The molecule has 0 amide bonds. The monoisotopic (exact) mass is 521 g/mol. The van der Waals surface area contributed by atoms with Crippen LogP contribution in [0.5, 0.6) is 0 Å². The molecule has 0 aliphatic carbocycles. The van der Waals surface area contributed by atoms with Crippen LogP contribution in [0.25, 0.3) is 11.3 Å². The number of nitrogens with one attached hydrogen (secondary N) is 1. The Morgan fingerprint density at radius 3 is 2.36 bits per heavy atom. The average Bonchev–Trinajstić information content (AvgIpc) is 2.84. The van der Waals surface area contributed by atoms with Gasteiger partial charge in [-0.1, -0.05) is 30.3 Å². The number of aliphatic hydroxyl groups excluding tert-OH is 1. The highest BCUT2D eigenvalue weighted by Crippen LogP contribution is 2.38. The van der Waals surface area contributed by atoms with Gasteiger partial charge in [-0.25, -0.2) is 9.97 Å². The van der Waals surface area contributed by atoms with Gasteiger partial charge in [0.25, 0.3) is 10.0 Å². The molecule has 4 rings (SSSR count). The van der Waals surface area contributed by atoms with Crippen LogP contribution in [0.4, 0.5) is 24.8 Å². The summed E-state index contributed by atoms with van der Waals surface area (Å²) in [6.07, 6.45) is -4.67. The maximum atomic E-state index is 13.7. The average molecular weight is 522 g/mol. The van der Waals surface area contributed by atoms with E-state index in [0.29, 0.717) is 44.1 Å². The van der Waals surface area contributed by atoms with E-state index in [1.807, 2.05) is 4.90 Å². The fraction of sp³-hybridized carbons (Fsp3) is 0.333. The minimum Gasteiger partial charge on any atom is -0.395 e. The summed E-state index contributed by atoms with van der Waals surface area (Å²) in [4.78, 5) is 12.4. The van der Waals surface area contributed by atoms with Gasteiger partial charge >= 0.3 is 6.18 Å². The Labute approximate surface area is 207 Å². The Balaban J connectivity index is 1.61. The Hall–Kier alpha value is -3.22. The van der Waals surface area contributed by atoms with Crippen molar-refractivity contribution in [1.29, 1.82) is 0 Å². The van der Waals surface area contributed by atoms with E-state index < -0.39 is 21.8 Å². The zero-order valence-electron chi connectivity index (χ0n) is 19.5. The van der Waals surface area contributed by atoms with Crippen LogP contribution >= 0.6 is 0 Å². The Morgan fingerprint density at radius 1 is 0.972 bits per heavy atom. The summed E-state index contributed by atoms with van der Waals surface area (Å²) in [7, 11) is -4.23. The lowest BCUT2D eigenvalue weighted by molar-refractivity contribution is -0.137. The van der Waals surface area contributed by atoms with Gasteiger partial charge in [-0.05, 0) is 36.8 Å². The lowest BCUT2D eigenvalue weighted by Crippen LogP contribution is -2.47. The normalized spacial score (nSPS) is 15.2. The number of pyridine rings is 2. The van der Waals surface area contributed by atoms with Crippen molar-refractivity contribution >= 4 is 21.7 Å². The molecule has 2 N–H and O–H groups in total. The molecule has 8 nitrogen and oxygen atoms in total. The van der Waals surface area contributed by atoms with Crippen molar-refractivity contribution in [3.63, 3.8) is 0 Å². The first-order valence-corrected chi connectivity index (χ1v) is 12.8. The van der Waals surface area contributed by atoms with Crippen LogP contribution in [-0.2, 0) is 16.2 Å². The van der Waals surface area contributed by atoms with E-state index in [-0.39, 0.29) is 28.7 Å². The summed E-state index contributed by atoms with van der Waals surface area (Å²) in [5.41, 5.74) is -0.487. The smallest absolute Gasteiger partial charge is 0.395 e. The first-order chi connectivity index (χ1) is 17.1. The van der Waals surface area contributed by atoms with Gasteiger partial charge in [0.05, 0.1) is 17.9 Å². The first-order valence-electron chi connectivity index (χ1n) is 11.3. The molecule has 3 heterocycles. The highest BCUT2D eigenvalue weighted by molar-refractivity contribution is 7.92. The van der Waals surface area contributed by atoms with E-state index in [2.05, 4.69) is 19.6 Å². The predicted octanol–water partition coefficient (Wildman–Crippen LogP) is 3.39. The number of aliphatic hydroxyl groups is 1. The highest BCUT2D eigenvalue weighted by atomic mass is 32.2. The first kappa shape index (κ1) is 25.9. The molecule has 0 spiro atoms. The summed E-state index contributed by atoms with van der Waals surface area (Å²) in [6.45, 7) is 4.94. The molecule has 0 saturated carbocycles. The number of halogens is 3. The fourth-order valence-corrected chi connectivity index (χ4v) is 5.02. The predicted molar refractivity (Wildman–Crippen MR) is 130 cm³/mol. The van der Waals surface area contributed by atoms with E-state index in [1.54, 1.807) is 37.3 Å². The van der Waals surface area contributed by atoms with Gasteiger partial charge < -0.3 is 10.0 Å². The summed E-state index contributed by atoms with van der Waals surface area (Å²) in [6, 6.07) is 12.9. The Morgan fingerprint density at radius 2 is 1.69 bits per heavy atom. The third-order valence-electron chi connectivity index (χ3n) is 5.94. The quantitative estimate of drug-likeness (QED) is 0.492. The number of aromatic nitrogens is 2. The van der Waals surface area contributed by atoms with E-state index >= 15 is 0 Å². The number of alkyl halides is 3. The van der Waals surface area contributed by atoms with Gasteiger partial charge in [0, 0.05) is 38.3 Å². The van der Waals surface area contributed by atoms with Gasteiger partial charge in [0.1, 0.15) is 11.6 Å². The molecule has 36 heavy (non-hydrogen) atoms. The minimum absolute atomic E-state index is 0.0706. The number of anilines is 2. The number of piperazine rings is 1. The number of sulfonamides is 1. The van der Waals surface area contributed by atoms with Crippen molar-refractivity contribution < 1.29 is 26.7 Å². The number of aryl methyl sites for hydroxylation is 1. The lowest BCUT2D eigenvalue weighted by Gasteiger charge is -2.35. The zero-order chi connectivity index (χ0) is 25.9. The molecule has 12 heteroatoms. The molecule has 1 aliphatic rings. The van der Waals surface area contributed by atoms with Gasteiger partial charge in [-0.2, -0.15) is 21.6 Å². The van der Waals surface area contributed by atoms with Crippen LogP contribution in [-0.4, -0.2) is 67.7 Å². The highest BCUT2D eigenvalue weighted by Gasteiger charge is 2.35. The van der Waals surface area contributed by atoms with Crippen LogP contribution in [0.2, 0.25) is 0 Å². The lowest BCUT2D eigenvalue weighted by atomic mass is 10.0. The van der Waals surface area contributed by atoms with Crippen LogP contribution < -0.4 is 9.62 Å². The van der Waals surface area contributed by atoms with Crippen LogP contribution in [0.3, 0.4) is 0 Å². The topological polar surface area (TPSA) is 98.7 Å². The molecule has 0 radical (unpaired) electrons. The second kappa shape index (κ2) is 10.4. The number of rotatable bonds is 7. The molecule has 192 valence electrons. The second-order valence-electron chi connectivity index (χ2n) is 8.40. The molecule has 1 aromatic carbocycles. The van der Waals surface area contributed by atoms with Crippen molar-refractivity contribution in [1.82, 2.24) is 14.9 Å². The zero-order valence-corrected chi connectivity index (χ0v) is 20.3. The Kier molecular flexibility index (Phi) is 7.48. The summed E-state index contributed by atoms with van der Waals surface area (Å²) in [5.74, 6) is 0.230. The number of β-amino-alcohol motifs (C(OH)–C–C–N with tert-alkyl or cyclic N) is 1. The van der Waals surface area contributed by atoms with Gasteiger partial charge in [0.2, 0.25) is 0 Å². The third-order valence-corrected chi connectivity index (χ3v) is 7.19. The van der Waals surface area contributed by atoms with Crippen molar-refractivity contribution in [3.8, 4) is 11.3 Å². The van der Waals surface area contributed by atoms with E-state index in [0.717, 1.165) is 12.1 Å². The maximum absolute atomic E-state index is 13.7. The van der Waals surface area contributed by atoms with Gasteiger partial charge in [-0.3, -0.25) is 9.62 Å². The minimum atomic E-state index is -4.67. The van der Waals surface area contributed by atoms with Crippen molar-refractivity contribution in [2.24, 2.45) is 0 Å². The van der Waals surface area contributed by atoms with Gasteiger partial charge in [-0.15, -0.1) is 0 Å². The summed E-state index contributed by atoms with van der Waals surface area (Å²) >= 11 is 0. The number of benzene rings is 1. The SMILES string of the molecule is Cc1ccccc1-c1nc(NS(=O)(=O)c2cccc(N3CCN(CCO)CC3)n2)ccc1C(F)(F)F. The molecule has 1 saturated heterocycles. The van der Waals surface area contributed by atoms with Crippen molar-refractivity contribution in [3.05, 3.63) is 65.7 Å². The second-order valence-corrected chi connectivity index (χ2v) is 10.0. The molecule has 0 bridgehead atoms. The number of nitrogens with zero attached hydrogens (tertiary/aromatic N) is 4. The van der Waals surface area contributed by atoms with Crippen LogP contribution in [0.1, 0.15) is 11.1 Å². The van der Waals surface area contributed by atoms with Crippen LogP contribution in [0.15, 0.2) is 59.6 Å². The number of hydrogen-bond acceptors (Lipinski definition) is 7. The van der Waals surface area contributed by atoms with E-state index in [9.17, 15) is 21.6 Å².